The number of hydrogen-bond acceptors (Lipinski definition) is 2. The molecule has 0 fully saturated rings. The summed E-state index contributed by atoms with van der Waals surface area (Å²) in [4.78, 5) is 17.6. The van der Waals surface area contributed by atoms with Gasteiger partial charge in [0, 0.05) is 0 Å². The van der Waals surface area contributed by atoms with Crippen molar-refractivity contribution < 1.29 is 9.59 Å². The van der Waals surface area contributed by atoms with Crippen LogP contribution in [0.25, 0.3) is 0 Å². The third-order valence-electron chi connectivity index (χ3n) is 3.07. The molecule has 16 heavy (non-hydrogen) atoms. The van der Waals surface area contributed by atoms with E-state index in [1.54, 1.807) is 0 Å². The monoisotopic (exact) mass is 246 g/mol. The van der Waals surface area contributed by atoms with E-state index in [0.29, 0.717) is 6.04 Å². The molecule has 0 saturated carbocycles. The van der Waals surface area contributed by atoms with Crippen molar-refractivity contribution in [3.8, 4) is 0 Å². The maximum Gasteiger partial charge on any atom is 0.315 e. The van der Waals surface area contributed by atoms with Gasteiger partial charge in [-0.1, -0.05) is 77.6 Å². The normalized spacial score (nSPS) is 11.2. The molecule has 3 heteroatoms. The Balaban J connectivity index is 2.88. The van der Waals surface area contributed by atoms with Gasteiger partial charge in [-0.2, -0.15) is 0 Å². The van der Waals surface area contributed by atoms with Crippen LogP contribution in [0, 0.1) is 0 Å². The van der Waals surface area contributed by atoms with Gasteiger partial charge in [0.2, 0.25) is 0 Å². The smallest absolute Gasteiger partial charge is 0.315 e. The predicted octanol–water partition coefficient (Wildman–Crippen LogP) is 3.50. The lowest BCUT2D eigenvalue weighted by molar-refractivity contribution is 0.401. The Hall–Kier alpha value is 0.137. The Morgan fingerprint density at radius 1 is 0.625 bits per heavy atom. The number of rotatable bonds is 12. The molecule has 0 aliphatic heterocycles. The SMILES string of the molecule is CCCCCCCCCCCCC[SiH](O)O. The zero-order chi connectivity index (χ0) is 12.1. The van der Waals surface area contributed by atoms with Gasteiger partial charge in [0.15, 0.2) is 0 Å². The van der Waals surface area contributed by atoms with Crippen LogP contribution < -0.4 is 0 Å². The first-order valence-electron chi connectivity index (χ1n) is 7.13. The minimum Gasteiger partial charge on any atom is -0.413 e. The average molecular weight is 246 g/mol. The summed E-state index contributed by atoms with van der Waals surface area (Å²) in [6, 6.07) is 0.678. The molecule has 2 N–H and O–H groups in total. The second kappa shape index (κ2) is 13.2. The summed E-state index contributed by atoms with van der Waals surface area (Å²) in [6.45, 7) is 2.26. The molecule has 0 radical (unpaired) electrons. The molecule has 0 spiro atoms. The lowest BCUT2D eigenvalue weighted by Gasteiger charge is -2.02. The molecule has 98 valence electrons. The van der Waals surface area contributed by atoms with Gasteiger partial charge in [0.05, 0.1) is 0 Å². The van der Waals surface area contributed by atoms with Crippen LogP contribution in [0.15, 0.2) is 0 Å². The molecule has 0 heterocycles. The Morgan fingerprint density at radius 2 is 1.00 bits per heavy atom. The van der Waals surface area contributed by atoms with Crippen LogP contribution in [-0.4, -0.2) is 18.9 Å². The molecule has 0 aromatic heterocycles. The van der Waals surface area contributed by atoms with E-state index < -0.39 is 9.28 Å². The van der Waals surface area contributed by atoms with E-state index in [0.717, 1.165) is 6.42 Å². The summed E-state index contributed by atoms with van der Waals surface area (Å²) in [5.41, 5.74) is 0. The molecule has 0 bridgehead atoms. The predicted molar refractivity (Wildman–Crippen MR) is 72.9 cm³/mol. The molecule has 0 atom stereocenters. The number of unbranched alkanes of at least 4 members (excludes halogenated alkanes) is 10. The van der Waals surface area contributed by atoms with Crippen LogP contribution in [0.3, 0.4) is 0 Å². The van der Waals surface area contributed by atoms with Gasteiger partial charge in [-0.05, 0) is 6.04 Å². The minimum absolute atomic E-state index is 0.678. The Kier molecular flexibility index (Phi) is 13.3. The summed E-state index contributed by atoms with van der Waals surface area (Å²) in [7, 11) is -2.25. The van der Waals surface area contributed by atoms with Crippen molar-refractivity contribution in [3.63, 3.8) is 0 Å². The molecule has 0 unspecified atom stereocenters. The summed E-state index contributed by atoms with van der Waals surface area (Å²) < 4.78 is 0. The second-order valence-corrected chi connectivity index (χ2v) is 6.34. The lowest BCUT2D eigenvalue weighted by Crippen LogP contribution is -2.09. The van der Waals surface area contributed by atoms with Crippen molar-refractivity contribution in [2.75, 3.05) is 0 Å². The van der Waals surface area contributed by atoms with Crippen LogP contribution in [0.1, 0.15) is 77.6 Å². The first kappa shape index (κ1) is 16.1. The standard InChI is InChI=1S/C13H30O2Si/c1-2-3-4-5-6-7-8-9-10-11-12-13-16(14)15/h14-16H,2-13H2,1H3. The van der Waals surface area contributed by atoms with Gasteiger partial charge in [-0.25, -0.2) is 0 Å². The highest BCUT2D eigenvalue weighted by Gasteiger charge is 2.00. The highest BCUT2D eigenvalue weighted by atomic mass is 28.3. The Morgan fingerprint density at radius 3 is 1.38 bits per heavy atom. The zero-order valence-electron chi connectivity index (χ0n) is 11.0. The molecule has 0 saturated heterocycles. The average Bonchev–Trinajstić information content (AvgIpc) is 2.25. The second-order valence-electron chi connectivity index (χ2n) is 4.80. The van der Waals surface area contributed by atoms with Crippen molar-refractivity contribution in [2.24, 2.45) is 0 Å². The quantitative estimate of drug-likeness (QED) is 0.409. The molecule has 0 aromatic rings. The molecule has 0 aliphatic carbocycles. The van der Waals surface area contributed by atoms with E-state index in [4.69, 9.17) is 9.59 Å². The van der Waals surface area contributed by atoms with E-state index in [-0.39, 0.29) is 0 Å². The van der Waals surface area contributed by atoms with Crippen LogP contribution in [-0.2, 0) is 0 Å². The highest BCUT2D eigenvalue weighted by molar-refractivity contribution is 6.40. The molecule has 0 amide bonds. The van der Waals surface area contributed by atoms with Crippen LogP contribution >= 0.6 is 0 Å². The zero-order valence-corrected chi connectivity index (χ0v) is 12.1. The summed E-state index contributed by atoms with van der Waals surface area (Å²) >= 11 is 0. The van der Waals surface area contributed by atoms with Gasteiger partial charge in [-0.15, -0.1) is 0 Å². The van der Waals surface area contributed by atoms with Gasteiger partial charge < -0.3 is 9.59 Å². The molecule has 2 nitrogen and oxygen atoms in total. The minimum atomic E-state index is -2.25. The topological polar surface area (TPSA) is 40.5 Å². The van der Waals surface area contributed by atoms with Gasteiger partial charge in [-0.3, -0.25) is 0 Å². The Labute approximate surface area is 103 Å². The van der Waals surface area contributed by atoms with Crippen molar-refractivity contribution in [3.05, 3.63) is 0 Å². The maximum atomic E-state index is 8.79. The van der Waals surface area contributed by atoms with Crippen LogP contribution in [0.4, 0.5) is 0 Å². The summed E-state index contributed by atoms with van der Waals surface area (Å²) in [5.74, 6) is 0. The third-order valence-corrected chi connectivity index (χ3v) is 3.99. The fourth-order valence-electron chi connectivity index (χ4n) is 1.99. The number of hydrogen-bond donors (Lipinski definition) is 2. The van der Waals surface area contributed by atoms with E-state index >= 15 is 0 Å². The molecule has 0 aromatic carbocycles. The summed E-state index contributed by atoms with van der Waals surface area (Å²) in [6.07, 6.45) is 14.5. The third kappa shape index (κ3) is 14.1. The van der Waals surface area contributed by atoms with Gasteiger partial charge in [0.1, 0.15) is 0 Å². The highest BCUT2D eigenvalue weighted by Crippen LogP contribution is 2.12. The molecule has 0 rings (SSSR count). The molecular weight excluding hydrogens is 216 g/mol. The van der Waals surface area contributed by atoms with E-state index in [2.05, 4.69) is 6.92 Å². The van der Waals surface area contributed by atoms with Crippen LogP contribution in [0.2, 0.25) is 6.04 Å². The van der Waals surface area contributed by atoms with Gasteiger partial charge >= 0.3 is 9.28 Å². The van der Waals surface area contributed by atoms with E-state index in [1.807, 2.05) is 0 Å². The van der Waals surface area contributed by atoms with Crippen molar-refractivity contribution in [1.82, 2.24) is 0 Å². The van der Waals surface area contributed by atoms with Crippen molar-refractivity contribution >= 4 is 9.28 Å². The largest absolute Gasteiger partial charge is 0.413 e. The van der Waals surface area contributed by atoms with E-state index in [9.17, 15) is 0 Å². The van der Waals surface area contributed by atoms with Crippen molar-refractivity contribution in [1.29, 1.82) is 0 Å². The Bertz CT molecular complexity index is 129. The van der Waals surface area contributed by atoms with E-state index in [1.165, 1.54) is 64.2 Å². The van der Waals surface area contributed by atoms with Crippen LogP contribution in [0.5, 0.6) is 0 Å². The summed E-state index contributed by atoms with van der Waals surface area (Å²) in [5, 5.41) is 0. The van der Waals surface area contributed by atoms with Gasteiger partial charge in [0.25, 0.3) is 0 Å². The maximum absolute atomic E-state index is 8.79. The molecule has 0 aliphatic rings. The molecular formula is C13H30O2Si. The lowest BCUT2D eigenvalue weighted by atomic mass is 10.1. The fraction of sp³-hybridized carbons (Fsp3) is 1.00. The van der Waals surface area contributed by atoms with Crippen molar-refractivity contribution in [2.45, 2.75) is 83.6 Å². The first-order chi connectivity index (χ1) is 7.77. The first-order valence-corrected chi connectivity index (χ1v) is 8.98. The fourth-order valence-corrected chi connectivity index (χ4v) is 2.64.